The number of furan rings is 1. The number of rotatable bonds is 4. The zero-order chi connectivity index (χ0) is 12.3. The summed E-state index contributed by atoms with van der Waals surface area (Å²) < 4.78 is 5.32. The fourth-order valence-corrected chi connectivity index (χ4v) is 1.87. The molecule has 0 saturated heterocycles. The van der Waals surface area contributed by atoms with E-state index in [1.807, 2.05) is 25.1 Å². The van der Waals surface area contributed by atoms with Gasteiger partial charge in [0.1, 0.15) is 5.76 Å². The lowest BCUT2D eigenvalue weighted by Gasteiger charge is -2.15. The molecule has 0 unspecified atom stereocenters. The van der Waals surface area contributed by atoms with Crippen molar-refractivity contribution in [2.45, 2.75) is 20.0 Å². The molecule has 3 heteroatoms. The number of hydrogen-bond acceptors (Lipinski definition) is 3. The predicted octanol–water partition coefficient (Wildman–Crippen LogP) is 2.80. The minimum Gasteiger partial charge on any atom is -0.468 e. The summed E-state index contributed by atoms with van der Waals surface area (Å²) in [5, 5.41) is 0. The second kappa shape index (κ2) is 5.06. The van der Waals surface area contributed by atoms with Crippen LogP contribution in [0, 0.1) is 6.92 Å². The second-order valence-electron chi connectivity index (χ2n) is 4.44. The molecule has 0 atom stereocenters. The number of nitrogen functional groups attached to an aromatic ring is 1. The van der Waals surface area contributed by atoms with E-state index in [1.54, 1.807) is 6.26 Å². The minimum absolute atomic E-state index is 0.816. The van der Waals surface area contributed by atoms with E-state index in [4.69, 9.17) is 10.2 Å². The molecule has 0 aliphatic heterocycles. The molecule has 2 N–H and O–H groups in total. The predicted molar refractivity (Wildman–Crippen MR) is 69.5 cm³/mol. The van der Waals surface area contributed by atoms with Crippen LogP contribution in [0.2, 0.25) is 0 Å². The fraction of sp³-hybridized carbons (Fsp3) is 0.286. The Hall–Kier alpha value is -1.74. The van der Waals surface area contributed by atoms with Crippen LogP contribution in [0.25, 0.3) is 0 Å². The van der Waals surface area contributed by atoms with E-state index in [0.717, 1.165) is 30.1 Å². The van der Waals surface area contributed by atoms with Gasteiger partial charge in [-0.25, -0.2) is 0 Å². The second-order valence-corrected chi connectivity index (χ2v) is 4.44. The molecule has 0 bridgehead atoms. The molecule has 0 fully saturated rings. The van der Waals surface area contributed by atoms with E-state index < -0.39 is 0 Å². The Morgan fingerprint density at radius 3 is 2.71 bits per heavy atom. The van der Waals surface area contributed by atoms with Crippen molar-refractivity contribution in [1.29, 1.82) is 0 Å². The zero-order valence-corrected chi connectivity index (χ0v) is 10.3. The summed E-state index contributed by atoms with van der Waals surface area (Å²) in [4.78, 5) is 2.21. The van der Waals surface area contributed by atoms with E-state index >= 15 is 0 Å². The number of nitrogens with zero attached hydrogens (tertiary/aromatic N) is 1. The topological polar surface area (TPSA) is 42.4 Å². The summed E-state index contributed by atoms with van der Waals surface area (Å²) in [6.45, 7) is 3.74. The van der Waals surface area contributed by atoms with Crippen LogP contribution >= 0.6 is 0 Å². The summed E-state index contributed by atoms with van der Waals surface area (Å²) in [6, 6.07) is 10.1. The molecule has 0 radical (unpaired) electrons. The van der Waals surface area contributed by atoms with Crippen LogP contribution in [0.4, 0.5) is 5.69 Å². The number of anilines is 1. The molecule has 3 nitrogen and oxygen atoms in total. The standard InChI is InChI=1S/C14H18N2O/c1-11-8-12(5-6-14(11)15)9-16(2)10-13-4-3-7-17-13/h3-8H,9-10,15H2,1-2H3. The van der Waals surface area contributed by atoms with Crippen molar-refractivity contribution in [1.82, 2.24) is 4.90 Å². The Kier molecular flexibility index (Phi) is 3.49. The first kappa shape index (κ1) is 11.7. The van der Waals surface area contributed by atoms with Crippen LogP contribution < -0.4 is 5.73 Å². The first-order valence-corrected chi connectivity index (χ1v) is 5.71. The van der Waals surface area contributed by atoms with Gasteiger partial charge in [0.2, 0.25) is 0 Å². The largest absolute Gasteiger partial charge is 0.468 e. The van der Waals surface area contributed by atoms with Crippen molar-refractivity contribution in [2.75, 3.05) is 12.8 Å². The Morgan fingerprint density at radius 1 is 1.24 bits per heavy atom. The van der Waals surface area contributed by atoms with Gasteiger partial charge in [-0.2, -0.15) is 0 Å². The summed E-state index contributed by atoms with van der Waals surface area (Å²) in [5.41, 5.74) is 9.05. The van der Waals surface area contributed by atoms with Gasteiger partial charge in [0, 0.05) is 12.2 Å². The molecule has 0 amide bonds. The molecule has 0 aliphatic carbocycles. The lowest BCUT2D eigenvalue weighted by atomic mass is 10.1. The third kappa shape index (κ3) is 3.11. The normalized spacial score (nSPS) is 11.0. The highest BCUT2D eigenvalue weighted by atomic mass is 16.3. The molecule has 0 spiro atoms. The molecule has 1 aromatic heterocycles. The fourth-order valence-electron chi connectivity index (χ4n) is 1.87. The summed E-state index contributed by atoms with van der Waals surface area (Å²) in [7, 11) is 2.08. The Balaban J connectivity index is 1.98. The van der Waals surface area contributed by atoms with E-state index in [9.17, 15) is 0 Å². The highest BCUT2D eigenvalue weighted by Gasteiger charge is 2.04. The Bertz CT molecular complexity index is 477. The van der Waals surface area contributed by atoms with Crippen LogP contribution in [-0.4, -0.2) is 11.9 Å². The zero-order valence-electron chi connectivity index (χ0n) is 10.3. The van der Waals surface area contributed by atoms with Gasteiger partial charge in [0.05, 0.1) is 12.8 Å². The van der Waals surface area contributed by atoms with Crippen LogP contribution in [0.15, 0.2) is 41.0 Å². The van der Waals surface area contributed by atoms with Crippen LogP contribution in [-0.2, 0) is 13.1 Å². The lowest BCUT2D eigenvalue weighted by Crippen LogP contribution is -2.16. The SMILES string of the molecule is Cc1cc(CN(C)Cc2ccco2)ccc1N. The van der Waals surface area contributed by atoms with Gasteiger partial charge in [-0.1, -0.05) is 12.1 Å². The third-order valence-corrected chi connectivity index (χ3v) is 2.79. The first-order chi connectivity index (χ1) is 8.15. The van der Waals surface area contributed by atoms with E-state index in [-0.39, 0.29) is 0 Å². The van der Waals surface area contributed by atoms with Gasteiger partial charge in [0.25, 0.3) is 0 Å². The summed E-state index contributed by atoms with van der Waals surface area (Å²) in [6.07, 6.45) is 1.70. The maximum atomic E-state index is 5.80. The van der Waals surface area contributed by atoms with Crippen LogP contribution in [0.1, 0.15) is 16.9 Å². The maximum Gasteiger partial charge on any atom is 0.117 e. The smallest absolute Gasteiger partial charge is 0.117 e. The van der Waals surface area contributed by atoms with Gasteiger partial charge in [0.15, 0.2) is 0 Å². The molecule has 0 aliphatic rings. The monoisotopic (exact) mass is 230 g/mol. The van der Waals surface area contributed by atoms with Crippen molar-refractivity contribution >= 4 is 5.69 Å². The minimum atomic E-state index is 0.816. The molecular weight excluding hydrogens is 212 g/mol. The number of aryl methyl sites for hydroxylation is 1. The average Bonchev–Trinajstić information content (AvgIpc) is 2.76. The molecule has 90 valence electrons. The number of benzene rings is 1. The van der Waals surface area contributed by atoms with Gasteiger partial charge >= 0.3 is 0 Å². The van der Waals surface area contributed by atoms with Crippen LogP contribution in [0.3, 0.4) is 0 Å². The molecule has 1 heterocycles. The van der Waals surface area contributed by atoms with Crippen molar-refractivity contribution in [3.05, 3.63) is 53.5 Å². The molecular formula is C14H18N2O. The van der Waals surface area contributed by atoms with E-state index in [1.165, 1.54) is 5.56 Å². The number of hydrogen-bond donors (Lipinski definition) is 1. The van der Waals surface area contributed by atoms with Gasteiger partial charge in [-0.05, 0) is 43.3 Å². The molecule has 2 aromatic rings. The Labute approximate surface area is 102 Å². The average molecular weight is 230 g/mol. The van der Waals surface area contributed by atoms with E-state index in [2.05, 4.69) is 24.1 Å². The molecule has 0 saturated carbocycles. The lowest BCUT2D eigenvalue weighted by molar-refractivity contribution is 0.288. The molecule has 1 aromatic carbocycles. The maximum absolute atomic E-state index is 5.80. The first-order valence-electron chi connectivity index (χ1n) is 5.71. The van der Waals surface area contributed by atoms with Gasteiger partial charge < -0.3 is 10.2 Å². The highest BCUT2D eigenvalue weighted by molar-refractivity contribution is 5.47. The quantitative estimate of drug-likeness (QED) is 0.821. The van der Waals surface area contributed by atoms with Crippen molar-refractivity contribution in [3.63, 3.8) is 0 Å². The summed E-state index contributed by atoms with van der Waals surface area (Å²) in [5.74, 6) is 0.986. The molecule has 2 rings (SSSR count). The van der Waals surface area contributed by atoms with Crippen LogP contribution in [0.5, 0.6) is 0 Å². The Morgan fingerprint density at radius 2 is 2.06 bits per heavy atom. The van der Waals surface area contributed by atoms with Crippen molar-refractivity contribution in [2.24, 2.45) is 0 Å². The molecule has 17 heavy (non-hydrogen) atoms. The van der Waals surface area contributed by atoms with Gasteiger partial charge in [-0.3, -0.25) is 4.90 Å². The van der Waals surface area contributed by atoms with Crippen molar-refractivity contribution < 1.29 is 4.42 Å². The number of nitrogens with two attached hydrogens (primary N) is 1. The van der Waals surface area contributed by atoms with E-state index in [0.29, 0.717) is 0 Å². The summed E-state index contributed by atoms with van der Waals surface area (Å²) >= 11 is 0. The van der Waals surface area contributed by atoms with Crippen molar-refractivity contribution in [3.8, 4) is 0 Å². The third-order valence-electron chi connectivity index (χ3n) is 2.79. The highest BCUT2D eigenvalue weighted by Crippen LogP contribution is 2.15. The van der Waals surface area contributed by atoms with Gasteiger partial charge in [-0.15, -0.1) is 0 Å².